The van der Waals surface area contributed by atoms with Gasteiger partial charge in [0, 0.05) is 10.6 Å². The summed E-state index contributed by atoms with van der Waals surface area (Å²) in [6.07, 6.45) is 11.1. The molecule has 0 bridgehead atoms. The van der Waals surface area contributed by atoms with Gasteiger partial charge in [-0.1, -0.05) is 52.9 Å². The Morgan fingerprint density at radius 2 is 1.72 bits per heavy atom. The molecule has 0 aliphatic heterocycles. The van der Waals surface area contributed by atoms with Crippen LogP contribution in [0.5, 0.6) is 0 Å². The number of thioether (sulfide) groups is 1. The Morgan fingerprint density at radius 1 is 1.00 bits per heavy atom. The van der Waals surface area contributed by atoms with Crippen LogP contribution in [0.3, 0.4) is 0 Å². The van der Waals surface area contributed by atoms with E-state index in [4.69, 9.17) is 4.98 Å². The summed E-state index contributed by atoms with van der Waals surface area (Å²) in [7, 11) is 4.28. The number of hydrogen-bond donors (Lipinski definition) is 0. The molecule has 0 aromatic carbocycles. The van der Waals surface area contributed by atoms with Gasteiger partial charge in [-0.15, -0.1) is 23.1 Å². The predicted molar refractivity (Wildman–Crippen MR) is 142 cm³/mol. The Bertz CT molecular complexity index is 814. The lowest BCUT2D eigenvalue weighted by Crippen LogP contribution is -2.12. The van der Waals surface area contributed by atoms with E-state index in [1.807, 2.05) is 18.2 Å². The van der Waals surface area contributed by atoms with Gasteiger partial charge < -0.3 is 4.90 Å². The lowest BCUT2D eigenvalue weighted by atomic mass is 10.1. The van der Waals surface area contributed by atoms with Crippen molar-refractivity contribution in [3.8, 4) is 0 Å². The van der Waals surface area contributed by atoms with Crippen LogP contribution in [-0.4, -0.2) is 42.1 Å². The van der Waals surface area contributed by atoms with Crippen molar-refractivity contribution in [2.75, 3.05) is 26.4 Å². The highest BCUT2D eigenvalue weighted by atomic mass is 32.2. The van der Waals surface area contributed by atoms with Crippen LogP contribution in [0.25, 0.3) is 0 Å². The molecular formula is C27H42N2OS2. The molecule has 0 amide bonds. The second-order valence-electron chi connectivity index (χ2n) is 9.22. The van der Waals surface area contributed by atoms with Gasteiger partial charge in [0.05, 0.1) is 10.4 Å². The molecule has 0 aliphatic carbocycles. The number of aromatic nitrogens is 1. The Balaban J connectivity index is 1.93. The summed E-state index contributed by atoms with van der Waals surface area (Å²) in [4.78, 5) is 22.6. The summed E-state index contributed by atoms with van der Waals surface area (Å²) < 4.78 is 0. The minimum atomic E-state index is 0.129. The quantitative estimate of drug-likeness (QED) is 0.141. The predicted octanol–water partition coefficient (Wildman–Crippen LogP) is 7.83. The molecule has 2 aromatic rings. The fraction of sp³-hybridized carbons (Fsp3) is 0.630. The van der Waals surface area contributed by atoms with Gasteiger partial charge >= 0.3 is 0 Å². The van der Waals surface area contributed by atoms with Crippen LogP contribution >= 0.6 is 23.1 Å². The Kier molecular flexibility index (Phi) is 12.6. The molecule has 0 fully saturated rings. The van der Waals surface area contributed by atoms with Crippen LogP contribution in [0.1, 0.15) is 104 Å². The SMILES string of the molecule is CCCCc1ccc(C(=O)c2ccc(C(C)C)nc2SCCCCCCCCN(C)C)s1. The number of unbranched alkanes of at least 4 members (excludes halogenated alkanes) is 6. The van der Waals surface area contributed by atoms with E-state index in [0.717, 1.165) is 33.3 Å². The molecule has 3 nitrogen and oxygen atoms in total. The lowest BCUT2D eigenvalue weighted by Gasteiger charge is -2.11. The molecule has 0 radical (unpaired) electrons. The van der Waals surface area contributed by atoms with Gasteiger partial charge in [0.1, 0.15) is 5.03 Å². The van der Waals surface area contributed by atoms with Crippen molar-refractivity contribution < 1.29 is 4.79 Å². The van der Waals surface area contributed by atoms with Crippen LogP contribution in [0, 0.1) is 0 Å². The third-order valence-electron chi connectivity index (χ3n) is 5.62. The zero-order chi connectivity index (χ0) is 23.3. The summed E-state index contributed by atoms with van der Waals surface area (Å²) >= 11 is 3.41. The van der Waals surface area contributed by atoms with E-state index in [0.29, 0.717) is 5.92 Å². The van der Waals surface area contributed by atoms with Crippen LogP contribution < -0.4 is 0 Å². The molecule has 2 aromatic heterocycles. The number of aryl methyl sites for hydroxylation is 1. The molecular weight excluding hydrogens is 432 g/mol. The molecule has 5 heteroatoms. The number of rotatable bonds is 16. The number of thiophene rings is 1. The number of hydrogen-bond acceptors (Lipinski definition) is 5. The van der Waals surface area contributed by atoms with Crippen molar-refractivity contribution in [3.63, 3.8) is 0 Å². The van der Waals surface area contributed by atoms with E-state index < -0.39 is 0 Å². The first kappa shape index (κ1) is 27.1. The summed E-state index contributed by atoms with van der Waals surface area (Å²) in [5.74, 6) is 1.52. The molecule has 0 saturated carbocycles. The summed E-state index contributed by atoms with van der Waals surface area (Å²) in [6, 6.07) is 8.15. The number of carbonyl (C=O) groups is 1. The molecule has 0 unspecified atom stereocenters. The van der Waals surface area contributed by atoms with Gasteiger partial charge in [0.15, 0.2) is 0 Å². The first-order valence-corrected chi connectivity index (χ1v) is 14.1. The number of nitrogens with zero attached hydrogens (tertiary/aromatic N) is 2. The largest absolute Gasteiger partial charge is 0.309 e. The van der Waals surface area contributed by atoms with Crippen molar-refractivity contribution in [1.82, 2.24) is 9.88 Å². The van der Waals surface area contributed by atoms with Crippen LogP contribution in [0.15, 0.2) is 29.3 Å². The van der Waals surface area contributed by atoms with E-state index in [1.165, 1.54) is 62.8 Å². The normalized spacial score (nSPS) is 11.6. The van der Waals surface area contributed by atoms with E-state index in [-0.39, 0.29) is 5.78 Å². The van der Waals surface area contributed by atoms with Gasteiger partial charge in [0.25, 0.3) is 0 Å². The molecule has 2 heterocycles. The number of ketones is 1. The Hall–Kier alpha value is -1.17. The maximum absolute atomic E-state index is 13.3. The maximum Gasteiger partial charge on any atom is 0.205 e. The van der Waals surface area contributed by atoms with E-state index >= 15 is 0 Å². The van der Waals surface area contributed by atoms with Crippen molar-refractivity contribution in [1.29, 1.82) is 0 Å². The monoisotopic (exact) mass is 474 g/mol. The fourth-order valence-electron chi connectivity index (χ4n) is 3.58. The molecule has 178 valence electrons. The van der Waals surface area contributed by atoms with Gasteiger partial charge in [-0.05, 0) is 82.3 Å². The van der Waals surface area contributed by atoms with Gasteiger partial charge in [-0.2, -0.15) is 0 Å². The molecule has 0 saturated heterocycles. The molecule has 0 aliphatic rings. The van der Waals surface area contributed by atoms with Crippen molar-refractivity contribution in [2.45, 2.75) is 89.5 Å². The highest BCUT2D eigenvalue weighted by Gasteiger charge is 2.18. The average molecular weight is 475 g/mol. The third-order valence-corrected chi connectivity index (χ3v) is 7.84. The Labute approximate surface area is 204 Å². The van der Waals surface area contributed by atoms with Crippen molar-refractivity contribution in [3.05, 3.63) is 45.3 Å². The van der Waals surface area contributed by atoms with E-state index in [9.17, 15) is 4.79 Å². The summed E-state index contributed by atoms with van der Waals surface area (Å²) in [5, 5.41) is 0.913. The fourth-order valence-corrected chi connectivity index (χ4v) is 5.61. The van der Waals surface area contributed by atoms with Crippen LogP contribution in [0.2, 0.25) is 0 Å². The third kappa shape index (κ3) is 9.36. The standard InChI is InChI=1S/C27H42N2OS2/c1-6-7-14-22-15-18-25(32-22)26(30)23-16-17-24(21(2)3)28-27(23)31-20-13-11-9-8-10-12-19-29(4)5/h15-18,21H,6-14,19-20H2,1-5H3. The smallest absolute Gasteiger partial charge is 0.205 e. The minimum Gasteiger partial charge on any atom is -0.309 e. The minimum absolute atomic E-state index is 0.129. The molecule has 0 spiro atoms. The molecule has 2 rings (SSSR count). The Morgan fingerprint density at radius 3 is 2.41 bits per heavy atom. The highest BCUT2D eigenvalue weighted by molar-refractivity contribution is 7.99. The zero-order valence-corrected chi connectivity index (χ0v) is 22.4. The second kappa shape index (κ2) is 14.9. The summed E-state index contributed by atoms with van der Waals surface area (Å²) in [5.41, 5.74) is 1.84. The highest BCUT2D eigenvalue weighted by Crippen LogP contribution is 2.29. The van der Waals surface area contributed by atoms with Crippen LogP contribution in [0.4, 0.5) is 0 Å². The molecule has 0 N–H and O–H groups in total. The van der Waals surface area contributed by atoms with Crippen molar-refractivity contribution >= 4 is 28.9 Å². The first-order valence-electron chi connectivity index (χ1n) is 12.3. The molecule has 0 atom stereocenters. The molecule has 32 heavy (non-hydrogen) atoms. The van der Waals surface area contributed by atoms with Gasteiger partial charge in [-0.3, -0.25) is 4.79 Å². The topological polar surface area (TPSA) is 33.2 Å². The first-order chi connectivity index (χ1) is 15.4. The second-order valence-corrected chi connectivity index (χ2v) is 11.5. The number of carbonyl (C=O) groups excluding carboxylic acids is 1. The maximum atomic E-state index is 13.3. The summed E-state index contributed by atoms with van der Waals surface area (Å²) in [6.45, 7) is 7.72. The van der Waals surface area contributed by atoms with Gasteiger partial charge in [-0.25, -0.2) is 4.98 Å². The van der Waals surface area contributed by atoms with Crippen molar-refractivity contribution in [2.24, 2.45) is 0 Å². The average Bonchev–Trinajstić information content (AvgIpc) is 3.24. The van der Waals surface area contributed by atoms with Gasteiger partial charge in [0.2, 0.25) is 5.78 Å². The lowest BCUT2D eigenvalue weighted by molar-refractivity contribution is 0.103. The van der Waals surface area contributed by atoms with Crippen LogP contribution in [-0.2, 0) is 6.42 Å². The van der Waals surface area contributed by atoms with E-state index in [2.05, 4.69) is 45.8 Å². The van der Waals surface area contributed by atoms with E-state index in [1.54, 1.807) is 23.1 Å². The zero-order valence-electron chi connectivity index (χ0n) is 20.8. The number of pyridine rings is 1.